The fourth-order valence-corrected chi connectivity index (χ4v) is 4.57. The predicted molar refractivity (Wildman–Crippen MR) is 105 cm³/mol. The summed E-state index contributed by atoms with van der Waals surface area (Å²) in [6, 6.07) is 4.23. The molecule has 0 spiro atoms. The number of benzene rings is 1. The molecule has 0 radical (unpaired) electrons. The number of carbonyl (C=O) groups excluding carboxylic acids is 1. The second-order valence-electron chi connectivity index (χ2n) is 6.51. The number of aryl methyl sites for hydroxylation is 2. The molecule has 1 heterocycles. The number of hydrogen-bond donors (Lipinski definition) is 2. The van der Waals surface area contributed by atoms with Crippen molar-refractivity contribution in [3.63, 3.8) is 0 Å². The van der Waals surface area contributed by atoms with Gasteiger partial charge in [0.2, 0.25) is 21.8 Å². The van der Waals surface area contributed by atoms with Crippen molar-refractivity contribution in [3.8, 4) is 5.88 Å². The maximum Gasteiger partial charge on any atom is 0.242 e. The summed E-state index contributed by atoms with van der Waals surface area (Å²) >= 11 is 0. The predicted octanol–water partition coefficient (Wildman–Crippen LogP) is 2.63. The molecule has 0 saturated carbocycles. The van der Waals surface area contributed by atoms with Gasteiger partial charge in [-0.1, -0.05) is 6.07 Å². The molecule has 1 atom stereocenters. The molecule has 0 aliphatic carbocycles. The van der Waals surface area contributed by atoms with Crippen LogP contribution in [0.2, 0.25) is 0 Å². The van der Waals surface area contributed by atoms with Crippen molar-refractivity contribution in [1.82, 2.24) is 9.71 Å². The Bertz CT molecular complexity index is 928. The smallest absolute Gasteiger partial charge is 0.242 e. The normalized spacial score (nSPS) is 12.5. The van der Waals surface area contributed by atoms with Gasteiger partial charge in [0.25, 0.3) is 0 Å². The molecular weight excluding hydrogens is 366 g/mol. The van der Waals surface area contributed by atoms with Gasteiger partial charge in [0.15, 0.2) is 0 Å². The number of aromatic nitrogens is 1. The highest BCUT2D eigenvalue weighted by Crippen LogP contribution is 2.26. The standard InChI is InChI=1S/C19H25N3O4S/c1-11-9-12(2)14(4)18(13(11)3)27(24,25)22-15(5)19(23)21-16-7-8-17(26-6)20-10-16/h7-10,15,22H,1-6H3,(H,21,23)/t15-/m0/s1. The van der Waals surface area contributed by atoms with Gasteiger partial charge in [-0.2, -0.15) is 4.72 Å². The van der Waals surface area contributed by atoms with E-state index in [0.717, 1.165) is 11.1 Å². The van der Waals surface area contributed by atoms with Crippen molar-refractivity contribution in [2.75, 3.05) is 12.4 Å². The van der Waals surface area contributed by atoms with E-state index in [1.165, 1.54) is 20.2 Å². The molecular formula is C19H25N3O4S. The SMILES string of the molecule is COc1ccc(NC(=O)[C@H](C)NS(=O)(=O)c2c(C)c(C)cc(C)c2C)cn1. The maximum absolute atomic E-state index is 12.9. The molecule has 27 heavy (non-hydrogen) atoms. The third-order valence-electron chi connectivity index (χ3n) is 4.50. The van der Waals surface area contributed by atoms with Crippen molar-refractivity contribution in [2.45, 2.75) is 45.6 Å². The lowest BCUT2D eigenvalue weighted by Gasteiger charge is -2.19. The fraction of sp³-hybridized carbons (Fsp3) is 0.368. The second-order valence-corrected chi connectivity index (χ2v) is 8.16. The van der Waals surface area contributed by atoms with Crippen LogP contribution in [0.15, 0.2) is 29.3 Å². The van der Waals surface area contributed by atoms with E-state index in [1.54, 1.807) is 26.0 Å². The van der Waals surface area contributed by atoms with Crippen LogP contribution in [0.5, 0.6) is 5.88 Å². The Labute approximate surface area is 160 Å². The first kappa shape index (κ1) is 20.9. The molecule has 8 heteroatoms. The zero-order valence-corrected chi connectivity index (χ0v) is 17.2. The summed E-state index contributed by atoms with van der Waals surface area (Å²) in [6.07, 6.45) is 1.44. The Morgan fingerprint density at radius 3 is 2.19 bits per heavy atom. The molecule has 2 rings (SSSR count). The summed E-state index contributed by atoms with van der Waals surface area (Å²) in [5.74, 6) is -0.0623. The molecule has 0 aliphatic rings. The molecule has 0 aliphatic heterocycles. The van der Waals surface area contributed by atoms with Gasteiger partial charge in [0.05, 0.1) is 29.9 Å². The largest absolute Gasteiger partial charge is 0.481 e. The molecule has 1 aromatic heterocycles. The zero-order chi connectivity index (χ0) is 20.4. The van der Waals surface area contributed by atoms with Gasteiger partial charge in [0, 0.05) is 6.07 Å². The Balaban J connectivity index is 2.21. The number of rotatable bonds is 6. The first-order valence-electron chi connectivity index (χ1n) is 8.47. The number of amides is 1. The lowest BCUT2D eigenvalue weighted by atomic mass is 10.0. The summed E-state index contributed by atoms with van der Waals surface area (Å²) in [6.45, 7) is 8.77. The monoisotopic (exact) mass is 391 g/mol. The number of ether oxygens (including phenoxy) is 1. The van der Waals surface area contributed by atoms with E-state index in [4.69, 9.17) is 4.74 Å². The van der Waals surface area contributed by atoms with Crippen LogP contribution in [-0.4, -0.2) is 32.5 Å². The molecule has 1 amide bonds. The number of hydrogen-bond acceptors (Lipinski definition) is 5. The summed E-state index contributed by atoms with van der Waals surface area (Å²) in [5.41, 5.74) is 3.58. The molecule has 0 unspecified atom stereocenters. The van der Waals surface area contributed by atoms with Crippen molar-refractivity contribution in [1.29, 1.82) is 0 Å². The quantitative estimate of drug-likeness (QED) is 0.789. The summed E-state index contributed by atoms with van der Waals surface area (Å²) in [7, 11) is -2.37. The van der Waals surface area contributed by atoms with E-state index >= 15 is 0 Å². The Morgan fingerprint density at radius 2 is 1.70 bits per heavy atom. The Kier molecular flexibility index (Phi) is 6.22. The molecule has 2 aromatic rings. The van der Waals surface area contributed by atoms with Crippen LogP contribution >= 0.6 is 0 Å². The fourth-order valence-electron chi connectivity index (χ4n) is 2.75. The Hall–Kier alpha value is -2.45. The zero-order valence-electron chi connectivity index (χ0n) is 16.4. The van der Waals surface area contributed by atoms with Crippen molar-refractivity contribution in [2.24, 2.45) is 0 Å². The molecule has 2 N–H and O–H groups in total. The summed E-state index contributed by atoms with van der Waals surface area (Å²) < 4.78 is 33.2. The van der Waals surface area contributed by atoms with E-state index < -0.39 is 22.0 Å². The van der Waals surface area contributed by atoms with Crippen LogP contribution < -0.4 is 14.8 Å². The summed E-state index contributed by atoms with van der Waals surface area (Å²) in [4.78, 5) is 16.6. The van der Waals surface area contributed by atoms with Crippen LogP contribution in [-0.2, 0) is 14.8 Å². The second kappa shape index (κ2) is 8.06. The van der Waals surface area contributed by atoms with Crippen LogP contribution in [0, 0.1) is 27.7 Å². The van der Waals surface area contributed by atoms with Crippen LogP contribution in [0.1, 0.15) is 29.2 Å². The van der Waals surface area contributed by atoms with Gasteiger partial charge >= 0.3 is 0 Å². The van der Waals surface area contributed by atoms with Gasteiger partial charge in [-0.05, 0) is 62.9 Å². The topological polar surface area (TPSA) is 97.4 Å². The van der Waals surface area contributed by atoms with Crippen molar-refractivity contribution in [3.05, 3.63) is 46.6 Å². The molecule has 0 bridgehead atoms. The first-order valence-corrected chi connectivity index (χ1v) is 9.95. The van der Waals surface area contributed by atoms with Crippen LogP contribution in [0.4, 0.5) is 5.69 Å². The van der Waals surface area contributed by atoms with Gasteiger partial charge in [-0.3, -0.25) is 4.79 Å². The molecule has 1 aromatic carbocycles. The highest BCUT2D eigenvalue weighted by Gasteiger charge is 2.26. The Morgan fingerprint density at radius 1 is 1.11 bits per heavy atom. The number of nitrogens with zero attached hydrogens (tertiary/aromatic N) is 1. The van der Waals surface area contributed by atoms with Gasteiger partial charge in [0.1, 0.15) is 0 Å². The molecule has 7 nitrogen and oxygen atoms in total. The number of sulfonamides is 1. The van der Waals surface area contributed by atoms with Crippen molar-refractivity contribution < 1.29 is 17.9 Å². The minimum atomic E-state index is -3.86. The maximum atomic E-state index is 12.9. The lowest BCUT2D eigenvalue weighted by Crippen LogP contribution is -2.42. The number of methoxy groups -OCH3 is 1. The lowest BCUT2D eigenvalue weighted by molar-refractivity contribution is -0.117. The van der Waals surface area contributed by atoms with Gasteiger partial charge < -0.3 is 10.1 Å². The number of pyridine rings is 1. The average molecular weight is 391 g/mol. The average Bonchev–Trinajstić information content (AvgIpc) is 2.60. The third-order valence-corrected chi connectivity index (χ3v) is 6.32. The number of nitrogens with one attached hydrogen (secondary N) is 2. The third kappa shape index (κ3) is 4.64. The van der Waals surface area contributed by atoms with E-state index in [9.17, 15) is 13.2 Å². The van der Waals surface area contributed by atoms with Crippen LogP contribution in [0.25, 0.3) is 0 Å². The van der Waals surface area contributed by atoms with E-state index in [2.05, 4.69) is 15.0 Å². The van der Waals surface area contributed by atoms with Crippen molar-refractivity contribution >= 4 is 21.6 Å². The van der Waals surface area contributed by atoms with E-state index in [-0.39, 0.29) is 4.90 Å². The molecule has 146 valence electrons. The van der Waals surface area contributed by atoms with Gasteiger partial charge in [-0.25, -0.2) is 13.4 Å². The highest BCUT2D eigenvalue weighted by atomic mass is 32.2. The first-order chi connectivity index (χ1) is 12.6. The molecule has 0 saturated heterocycles. The van der Waals surface area contributed by atoms with E-state index in [0.29, 0.717) is 22.7 Å². The minimum Gasteiger partial charge on any atom is -0.481 e. The number of carbonyl (C=O) groups is 1. The van der Waals surface area contributed by atoms with Crippen LogP contribution in [0.3, 0.4) is 0 Å². The van der Waals surface area contributed by atoms with Gasteiger partial charge in [-0.15, -0.1) is 0 Å². The number of anilines is 1. The highest BCUT2D eigenvalue weighted by molar-refractivity contribution is 7.89. The molecule has 0 fully saturated rings. The summed E-state index contributed by atoms with van der Waals surface area (Å²) in [5, 5.41) is 2.64. The van der Waals surface area contributed by atoms with E-state index in [1.807, 2.05) is 19.9 Å². The minimum absolute atomic E-state index is 0.228.